The van der Waals surface area contributed by atoms with Crippen LogP contribution in [-0.2, 0) is 11.3 Å². The third-order valence-electron chi connectivity index (χ3n) is 3.69. The van der Waals surface area contributed by atoms with Gasteiger partial charge in [-0.25, -0.2) is 0 Å². The highest BCUT2D eigenvalue weighted by atomic mass is 35.5. The zero-order valence-corrected chi connectivity index (χ0v) is 15.6. The molecule has 0 aliphatic rings. The summed E-state index contributed by atoms with van der Waals surface area (Å²) in [5.41, 5.74) is 0.758. The molecule has 140 valence electrons. The molecule has 27 heavy (non-hydrogen) atoms. The normalized spacial score (nSPS) is 11.7. The fourth-order valence-electron chi connectivity index (χ4n) is 2.31. The van der Waals surface area contributed by atoms with E-state index in [-0.39, 0.29) is 18.3 Å². The summed E-state index contributed by atoms with van der Waals surface area (Å²) < 4.78 is 15.9. The van der Waals surface area contributed by atoms with Crippen LogP contribution in [0, 0.1) is 0 Å². The Morgan fingerprint density at radius 1 is 1.22 bits per heavy atom. The Labute approximate surface area is 161 Å². The van der Waals surface area contributed by atoms with Gasteiger partial charge in [0.2, 0.25) is 11.7 Å². The van der Waals surface area contributed by atoms with Gasteiger partial charge in [-0.1, -0.05) is 35.0 Å². The summed E-state index contributed by atoms with van der Waals surface area (Å²) in [6, 6.07) is 14.2. The van der Waals surface area contributed by atoms with E-state index >= 15 is 0 Å². The Morgan fingerprint density at radius 3 is 2.78 bits per heavy atom. The van der Waals surface area contributed by atoms with Gasteiger partial charge in [0.15, 0.2) is 6.10 Å². The van der Waals surface area contributed by atoms with E-state index in [1.807, 2.05) is 18.2 Å². The van der Waals surface area contributed by atoms with Crippen LogP contribution in [0.3, 0.4) is 0 Å². The van der Waals surface area contributed by atoms with Gasteiger partial charge in [0.25, 0.3) is 5.91 Å². The van der Waals surface area contributed by atoms with Gasteiger partial charge in [-0.3, -0.25) is 4.79 Å². The lowest BCUT2D eigenvalue weighted by molar-refractivity contribution is -0.127. The third-order valence-corrected chi connectivity index (χ3v) is 3.92. The van der Waals surface area contributed by atoms with Gasteiger partial charge in [-0.2, -0.15) is 4.98 Å². The molecule has 1 N–H and O–H groups in total. The number of hydrogen-bond acceptors (Lipinski definition) is 6. The number of carbonyl (C=O) groups is 1. The number of ether oxygens (including phenoxy) is 2. The van der Waals surface area contributed by atoms with Crippen molar-refractivity contribution in [2.45, 2.75) is 19.6 Å². The molecule has 3 aromatic rings. The smallest absolute Gasteiger partial charge is 0.261 e. The molecule has 3 rings (SSSR count). The highest BCUT2D eigenvalue weighted by Gasteiger charge is 2.16. The first-order valence-electron chi connectivity index (χ1n) is 8.22. The lowest BCUT2D eigenvalue weighted by Gasteiger charge is -2.14. The molecule has 1 atom stereocenters. The predicted octanol–water partition coefficient (Wildman–Crippen LogP) is 3.48. The summed E-state index contributed by atoms with van der Waals surface area (Å²) in [6.07, 6.45) is -0.704. The van der Waals surface area contributed by atoms with Crippen LogP contribution in [0.2, 0.25) is 5.02 Å². The molecule has 1 aromatic heterocycles. The molecule has 0 radical (unpaired) electrons. The van der Waals surface area contributed by atoms with Crippen LogP contribution in [-0.4, -0.2) is 29.3 Å². The van der Waals surface area contributed by atoms with Crippen LogP contribution in [0.25, 0.3) is 11.4 Å². The number of nitrogens with zero attached hydrogens (tertiary/aromatic N) is 2. The Kier molecular flexibility index (Phi) is 5.93. The van der Waals surface area contributed by atoms with Gasteiger partial charge >= 0.3 is 0 Å². The standard InChI is InChI=1S/C19H18ClN3O4/c1-12(26-16-8-4-6-14(20)10-16)19(24)21-11-17-22-18(23-27-17)13-5-3-7-15(9-13)25-2/h3-10,12H,11H2,1-2H3,(H,21,24)/t12-/m0/s1. The number of benzene rings is 2. The van der Waals surface area contributed by atoms with E-state index in [2.05, 4.69) is 15.5 Å². The predicted molar refractivity (Wildman–Crippen MR) is 99.7 cm³/mol. The fourth-order valence-corrected chi connectivity index (χ4v) is 2.49. The van der Waals surface area contributed by atoms with Crippen LogP contribution in [0.1, 0.15) is 12.8 Å². The molecular formula is C19H18ClN3O4. The largest absolute Gasteiger partial charge is 0.497 e. The second kappa shape index (κ2) is 8.55. The zero-order valence-electron chi connectivity index (χ0n) is 14.8. The molecule has 0 saturated heterocycles. The molecule has 0 bridgehead atoms. The number of amides is 1. The first-order valence-corrected chi connectivity index (χ1v) is 8.60. The van der Waals surface area contributed by atoms with Crippen molar-refractivity contribution in [3.05, 3.63) is 59.4 Å². The molecule has 0 spiro atoms. The Morgan fingerprint density at radius 2 is 2.00 bits per heavy atom. The van der Waals surface area contributed by atoms with Crippen LogP contribution in [0.15, 0.2) is 53.1 Å². The van der Waals surface area contributed by atoms with Crippen molar-refractivity contribution in [2.24, 2.45) is 0 Å². The van der Waals surface area contributed by atoms with Crippen LogP contribution >= 0.6 is 11.6 Å². The Hall–Kier alpha value is -3.06. The van der Waals surface area contributed by atoms with Crippen molar-refractivity contribution in [3.8, 4) is 22.9 Å². The van der Waals surface area contributed by atoms with Crippen molar-refractivity contribution in [3.63, 3.8) is 0 Å². The van der Waals surface area contributed by atoms with Crippen molar-refractivity contribution in [1.82, 2.24) is 15.5 Å². The molecule has 2 aromatic carbocycles. The molecule has 1 heterocycles. The quantitative estimate of drug-likeness (QED) is 0.667. The SMILES string of the molecule is COc1cccc(-c2noc(CNC(=O)[C@H](C)Oc3cccc(Cl)c3)n2)c1. The first kappa shape index (κ1) is 18.7. The highest BCUT2D eigenvalue weighted by Crippen LogP contribution is 2.21. The van der Waals surface area contributed by atoms with E-state index in [0.717, 1.165) is 5.56 Å². The lowest BCUT2D eigenvalue weighted by atomic mass is 10.2. The van der Waals surface area contributed by atoms with E-state index in [1.165, 1.54) is 0 Å². The number of nitrogens with one attached hydrogen (secondary N) is 1. The zero-order chi connectivity index (χ0) is 19.2. The topological polar surface area (TPSA) is 86.5 Å². The van der Waals surface area contributed by atoms with E-state index in [0.29, 0.717) is 22.3 Å². The van der Waals surface area contributed by atoms with Crippen molar-refractivity contribution in [2.75, 3.05) is 7.11 Å². The molecule has 0 aliphatic carbocycles. The maximum Gasteiger partial charge on any atom is 0.261 e. The van der Waals surface area contributed by atoms with Crippen molar-refractivity contribution in [1.29, 1.82) is 0 Å². The Balaban J connectivity index is 1.56. The van der Waals surface area contributed by atoms with Crippen molar-refractivity contribution >= 4 is 17.5 Å². The van der Waals surface area contributed by atoms with E-state index < -0.39 is 6.10 Å². The average molecular weight is 388 g/mol. The monoisotopic (exact) mass is 387 g/mol. The van der Waals surface area contributed by atoms with Crippen LogP contribution in [0.4, 0.5) is 0 Å². The molecule has 0 unspecified atom stereocenters. The van der Waals surface area contributed by atoms with Gasteiger partial charge in [-0.05, 0) is 37.3 Å². The summed E-state index contributed by atoms with van der Waals surface area (Å²) in [5, 5.41) is 7.16. The van der Waals surface area contributed by atoms with Crippen LogP contribution < -0.4 is 14.8 Å². The summed E-state index contributed by atoms with van der Waals surface area (Å²) in [6.45, 7) is 1.74. The summed E-state index contributed by atoms with van der Waals surface area (Å²) in [5.74, 6) is 1.61. The molecule has 0 fully saturated rings. The summed E-state index contributed by atoms with van der Waals surface area (Å²) >= 11 is 5.90. The minimum atomic E-state index is -0.704. The number of halogens is 1. The average Bonchev–Trinajstić information content (AvgIpc) is 3.15. The van der Waals surface area contributed by atoms with E-state index in [9.17, 15) is 4.79 Å². The number of rotatable bonds is 7. The number of methoxy groups -OCH3 is 1. The van der Waals surface area contributed by atoms with Gasteiger partial charge in [0.1, 0.15) is 11.5 Å². The molecule has 8 heteroatoms. The molecule has 0 aliphatic heterocycles. The summed E-state index contributed by atoms with van der Waals surface area (Å²) in [4.78, 5) is 16.5. The van der Waals surface area contributed by atoms with Gasteiger partial charge in [0.05, 0.1) is 13.7 Å². The van der Waals surface area contributed by atoms with Gasteiger partial charge in [-0.15, -0.1) is 0 Å². The molecule has 1 amide bonds. The second-order valence-electron chi connectivity index (χ2n) is 5.68. The Bertz CT molecular complexity index is 929. The van der Waals surface area contributed by atoms with E-state index in [4.69, 9.17) is 25.6 Å². The maximum absolute atomic E-state index is 12.2. The summed E-state index contributed by atoms with van der Waals surface area (Å²) in [7, 11) is 1.59. The second-order valence-corrected chi connectivity index (χ2v) is 6.12. The number of carbonyl (C=O) groups excluding carboxylic acids is 1. The van der Waals surface area contributed by atoms with Crippen LogP contribution in [0.5, 0.6) is 11.5 Å². The minimum Gasteiger partial charge on any atom is -0.497 e. The van der Waals surface area contributed by atoms with Crippen molar-refractivity contribution < 1.29 is 18.8 Å². The molecule has 7 nitrogen and oxygen atoms in total. The first-order chi connectivity index (χ1) is 13.0. The third kappa shape index (κ3) is 4.98. The lowest BCUT2D eigenvalue weighted by Crippen LogP contribution is -2.35. The highest BCUT2D eigenvalue weighted by molar-refractivity contribution is 6.30. The fraction of sp³-hybridized carbons (Fsp3) is 0.211. The minimum absolute atomic E-state index is 0.0963. The number of hydrogen-bond donors (Lipinski definition) is 1. The van der Waals surface area contributed by atoms with Gasteiger partial charge in [0, 0.05) is 10.6 Å². The molecule has 0 saturated carbocycles. The van der Waals surface area contributed by atoms with Gasteiger partial charge < -0.3 is 19.3 Å². The van der Waals surface area contributed by atoms with E-state index in [1.54, 1.807) is 44.4 Å². The molecular weight excluding hydrogens is 370 g/mol. The maximum atomic E-state index is 12.2. The number of aromatic nitrogens is 2.